The van der Waals surface area contributed by atoms with Crippen LogP contribution in [0.3, 0.4) is 0 Å². The van der Waals surface area contributed by atoms with Gasteiger partial charge in [-0.15, -0.1) is 68.0 Å². The topological polar surface area (TPSA) is 186 Å². The highest BCUT2D eigenvalue weighted by atomic mass is 32.1. The predicted octanol–water partition coefficient (Wildman–Crippen LogP) is 33.8. The summed E-state index contributed by atoms with van der Waals surface area (Å²) in [6, 6.07) is 140. The number of furan rings is 2. The van der Waals surface area contributed by atoms with Crippen LogP contribution in [0.5, 0.6) is 0 Å². The molecule has 12 heterocycles. The van der Waals surface area contributed by atoms with Crippen molar-refractivity contribution in [2.45, 2.75) is 0 Å². The number of thiazole rings is 3. The van der Waals surface area contributed by atoms with Gasteiger partial charge < -0.3 is 8.83 Å². The Kier molecular flexibility index (Phi) is 19.7. The minimum atomic E-state index is 0.571. The fourth-order valence-corrected chi connectivity index (χ4v) is 26.0. The second-order valence-corrected chi connectivity index (χ2v) is 40.6. The van der Waals surface area contributed by atoms with Crippen LogP contribution < -0.4 is 0 Å². The molecule has 0 saturated carbocycles. The average molecular weight is 1920 g/mol. The van der Waals surface area contributed by atoms with E-state index in [1.807, 2.05) is 152 Å². The van der Waals surface area contributed by atoms with Gasteiger partial charge in [-0.2, -0.15) is 9.97 Å². The molecule has 30 aromatic rings. The van der Waals surface area contributed by atoms with E-state index >= 15 is 0 Å². The molecule has 30 rings (SSSR count). The molecule has 21 heteroatoms. The van der Waals surface area contributed by atoms with Gasteiger partial charge in [0.1, 0.15) is 37.4 Å². The molecule has 141 heavy (non-hydrogen) atoms. The molecule has 0 bridgehead atoms. The van der Waals surface area contributed by atoms with Crippen molar-refractivity contribution in [3.05, 3.63) is 406 Å². The molecule has 0 atom stereocenters. The quantitative estimate of drug-likeness (QED) is 0.112. The van der Waals surface area contributed by atoms with Crippen molar-refractivity contribution in [2.75, 3.05) is 0 Å². The number of hydrogen-bond donors (Lipinski definition) is 0. The van der Waals surface area contributed by atoms with Gasteiger partial charge >= 0.3 is 0 Å². The number of nitrogens with zero attached hydrogens (tertiary/aromatic N) is 13. The Balaban J connectivity index is 0.000000104. The summed E-state index contributed by atoms with van der Waals surface area (Å²) in [6.07, 6.45) is 0. The van der Waals surface area contributed by atoms with E-state index < -0.39 is 0 Å². The first-order chi connectivity index (χ1) is 69.8. The third-order valence-electron chi connectivity index (χ3n) is 25.9. The van der Waals surface area contributed by atoms with E-state index in [2.05, 4.69) is 259 Å². The van der Waals surface area contributed by atoms with Crippen molar-refractivity contribution >= 4 is 225 Å². The summed E-state index contributed by atoms with van der Waals surface area (Å²) in [5, 5.41) is 16.5. The summed E-state index contributed by atoms with van der Waals surface area (Å²) in [6.45, 7) is 0. The number of fused-ring (bicyclic) bond motifs is 21. The molecule has 0 aliphatic heterocycles. The zero-order chi connectivity index (χ0) is 92.7. The summed E-state index contributed by atoms with van der Waals surface area (Å²) >= 11 is 10.5. The highest BCUT2D eigenvalue weighted by Gasteiger charge is 2.28. The molecule has 0 saturated heterocycles. The molecule has 0 fully saturated rings. The standard InChI is InChI=1S/C40H23N5S2.2C40H22N4OS2/c1-2-12-24(13-3-1)37-42-38(44-40(43-37)45-30-19-7-4-14-25(30)26-15-5-8-20-31(26)45)27-16-10-22-33-35(27)36-28(17-11-23-34(36)46-33)39-41-29-18-6-9-21-32(29)47-39;1-2-11-23(12-3-1)37-42-38(44-39(43-37)28-17-8-14-25-24-13-4-6-19-30(24)45-36(25)28)26-15-9-21-32-34(26)35-27(16-10-22-33(35)46-32)40-41-29-18-5-7-20-31(29)47-40;1-2-10-23(11-3-1)37-42-38(24-20-21-26-25-12-4-6-16-30(25)45-31(26)22-24)44-39(43-37)27-13-8-18-33-35(27)36-28(14-9-19-34(36)46-33)40-41-29-15-5-7-17-32(29)47-40/h1-23H;2*1-22H. The van der Waals surface area contributed by atoms with Crippen LogP contribution in [-0.2, 0) is 0 Å². The number of benzene rings is 18. The molecule has 18 aromatic carbocycles. The first-order valence-corrected chi connectivity index (χ1v) is 50.9. The van der Waals surface area contributed by atoms with E-state index in [0.717, 1.165) is 175 Å². The SMILES string of the molecule is c1ccc(-c2nc(-c3ccc4c(c3)oc3ccccc34)nc(-c3cccc4sc5cccc(-c6nc7ccccc7s6)c5c34)n2)cc1.c1ccc(-c2nc(-c3cccc4c3oc3ccccc34)nc(-c3cccc4sc5cccc(-c6nc7ccccc7s6)c5c34)n2)cc1.c1ccc(-c2nc(-c3cccc4sc5cccc(-c6nc7ccccc7s6)c5c34)nc(-n3c4ccccc4c4ccccc43)n2)cc1. The van der Waals surface area contributed by atoms with E-state index in [-0.39, 0.29) is 0 Å². The lowest BCUT2D eigenvalue weighted by Crippen LogP contribution is -2.06. The van der Waals surface area contributed by atoms with Crippen molar-refractivity contribution in [2.24, 2.45) is 0 Å². The number of thiophene rings is 3. The van der Waals surface area contributed by atoms with E-state index in [9.17, 15) is 0 Å². The van der Waals surface area contributed by atoms with Crippen LogP contribution in [0.4, 0.5) is 0 Å². The number of aromatic nitrogens is 13. The summed E-state index contributed by atoms with van der Waals surface area (Å²) in [5.41, 5.74) is 19.2. The third kappa shape index (κ3) is 14.2. The first kappa shape index (κ1) is 82.0. The van der Waals surface area contributed by atoms with Gasteiger partial charge in [-0.1, -0.05) is 291 Å². The van der Waals surface area contributed by atoms with Crippen LogP contribution in [0, 0.1) is 0 Å². The zero-order valence-corrected chi connectivity index (χ0v) is 79.2. The lowest BCUT2D eigenvalue weighted by atomic mass is 10.0. The molecule has 15 nitrogen and oxygen atoms in total. The number of rotatable bonds is 12. The van der Waals surface area contributed by atoms with Crippen molar-refractivity contribution in [3.63, 3.8) is 0 Å². The van der Waals surface area contributed by atoms with Crippen LogP contribution in [-0.4, -0.2) is 64.4 Å². The summed E-state index contributed by atoms with van der Waals surface area (Å²) in [4.78, 5) is 61.4. The van der Waals surface area contributed by atoms with Gasteiger partial charge in [-0.3, -0.25) is 4.57 Å². The largest absolute Gasteiger partial charge is 0.456 e. The van der Waals surface area contributed by atoms with Crippen molar-refractivity contribution in [1.29, 1.82) is 0 Å². The van der Waals surface area contributed by atoms with Gasteiger partial charge in [0.25, 0.3) is 0 Å². The van der Waals surface area contributed by atoms with Crippen LogP contribution in [0.25, 0.3) is 286 Å². The Morgan fingerprint density at radius 3 is 0.908 bits per heavy atom. The maximum absolute atomic E-state index is 6.43. The van der Waals surface area contributed by atoms with Crippen molar-refractivity contribution < 1.29 is 8.83 Å². The van der Waals surface area contributed by atoms with Crippen LogP contribution in [0.2, 0.25) is 0 Å². The lowest BCUT2D eigenvalue weighted by Gasteiger charge is -2.12. The van der Waals surface area contributed by atoms with E-state index in [1.54, 1.807) is 68.0 Å². The molecule has 0 N–H and O–H groups in total. The smallest absolute Gasteiger partial charge is 0.238 e. The number of hydrogen-bond acceptors (Lipinski definition) is 20. The number of para-hydroxylation sites is 8. The van der Waals surface area contributed by atoms with Crippen molar-refractivity contribution in [1.82, 2.24) is 64.4 Å². The molecule has 0 spiro atoms. The zero-order valence-electron chi connectivity index (χ0n) is 74.3. The minimum absolute atomic E-state index is 0.571. The van der Waals surface area contributed by atoms with Gasteiger partial charge in [-0.25, -0.2) is 49.8 Å². The molecule has 0 amide bonds. The monoisotopic (exact) mass is 1910 g/mol. The van der Waals surface area contributed by atoms with Crippen LogP contribution in [0.15, 0.2) is 415 Å². The van der Waals surface area contributed by atoms with Gasteiger partial charge in [0, 0.05) is 148 Å². The Morgan fingerprint density at radius 1 is 0.177 bits per heavy atom. The Hall–Kier alpha value is -17.3. The van der Waals surface area contributed by atoms with E-state index in [0.29, 0.717) is 52.5 Å². The normalized spacial score (nSPS) is 11.8. The molecular weight excluding hydrogens is 1850 g/mol. The van der Waals surface area contributed by atoms with Crippen LogP contribution in [0.1, 0.15) is 0 Å². The minimum Gasteiger partial charge on any atom is -0.456 e. The Labute approximate surface area is 826 Å². The van der Waals surface area contributed by atoms with Gasteiger partial charge in [0.2, 0.25) is 5.95 Å². The van der Waals surface area contributed by atoms with Gasteiger partial charge in [0.15, 0.2) is 46.6 Å². The molecule has 12 aromatic heterocycles. The molecule has 0 aliphatic carbocycles. The highest BCUT2D eigenvalue weighted by molar-refractivity contribution is 7.27. The van der Waals surface area contributed by atoms with E-state index in [1.165, 1.54) is 58.5 Å². The fraction of sp³-hybridized carbons (Fsp3) is 0. The van der Waals surface area contributed by atoms with E-state index in [4.69, 9.17) is 68.6 Å². The molecule has 0 radical (unpaired) electrons. The maximum Gasteiger partial charge on any atom is 0.238 e. The van der Waals surface area contributed by atoms with Gasteiger partial charge in [-0.05, 0) is 115 Å². The predicted molar refractivity (Wildman–Crippen MR) is 586 cm³/mol. The molecule has 0 aliphatic rings. The summed E-state index contributed by atoms with van der Waals surface area (Å²) in [5.74, 6) is 5.51. The Morgan fingerprint density at radius 2 is 0.468 bits per heavy atom. The van der Waals surface area contributed by atoms with Crippen LogP contribution >= 0.6 is 68.0 Å². The molecule has 0 unspecified atom stereocenters. The highest BCUT2D eigenvalue weighted by Crippen LogP contribution is 2.51. The first-order valence-electron chi connectivity index (χ1n) is 46.0. The fourth-order valence-electron chi connectivity index (χ4n) is 19.6. The molecular formula is C120H67N13O2S6. The second kappa shape index (κ2) is 33.9. The van der Waals surface area contributed by atoms with Gasteiger partial charge in [0.05, 0.1) is 47.2 Å². The summed E-state index contributed by atoms with van der Waals surface area (Å²) < 4.78 is 25.5. The Bertz CT molecular complexity index is 10100. The third-order valence-corrected chi connectivity index (χ3v) is 32.5. The molecule has 660 valence electrons. The average Bonchev–Trinajstić information content (AvgIpc) is 1.59. The summed E-state index contributed by atoms with van der Waals surface area (Å²) in [7, 11) is 0. The lowest BCUT2D eigenvalue weighted by molar-refractivity contribution is 0.669. The second-order valence-electron chi connectivity index (χ2n) is 34.3. The van der Waals surface area contributed by atoms with Crippen molar-refractivity contribution in [3.8, 4) is 129 Å². The maximum atomic E-state index is 6.43.